The Labute approximate surface area is 211 Å². The van der Waals surface area contributed by atoms with Crippen LogP contribution in [0.5, 0.6) is 5.75 Å². The van der Waals surface area contributed by atoms with Crippen LogP contribution in [0.25, 0.3) is 0 Å². The quantitative estimate of drug-likeness (QED) is 0.214. The number of alkyl halides is 2. The molecule has 0 spiro atoms. The van der Waals surface area contributed by atoms with Crippen LogP contribution in [-0.2, 0) is 0 Å². The van der Waals surface area contributed by atoms with Crippen molar-refractivity contribution in [2.75, 3.05) is 23.1 Å². The van der Waals surface area contributed by atoms with Gasteiger partial charge in [0.25, 0.3) is 11.7 Å². The van der Waals surface area contributed by atoms with Gasteiger partial charge in [0.2, 0.25) is 5.95 Å². The Morgan fingerprint density at radius 3 is 2.22 bits per heavy atom. The molecule has 1 amide bonds. The fourth-order valence-corrected chi connectivity index (χ4v) is 3.96. The van der Waals surface area contributed by atoms with Crippen LogP contribution >= 0.6 is 11.8 Å². The third-order valence-electron chi connectivity index (χ3n) is 4.96. The minimum Gasteiger partial charge on any atom is -0.497 e. The van der Waals surface area contributed by atoms with Gasteiger partial charge in [-0.1, -0.05) is 23.9 Å². The first-order chi connectivity index (χ1) is 17.4. The van der Waals surface area contributed by atoms with Gasteiger partial charge in [-0.3, -0.25) is 4.79 Å². The second-order valence-electron chi connectivity index (χ2n) is 7.60. The minimum absolute atomic E-state index is 0.190. The highest BCUT2D eigenvalue weighted by atomic mass is 32.2. The molecule has 10 heteroatoms. The number of hydrogen-bond acceptors (Lipinski definition) is 7. The van der Waals surface area contributed by atoms with Gasteiger partial charge in [-0.05, 0) is 67.6 Å². The van der Waals surface area contributed by atoms with E-state index in [4.69, 9.17) is 4.74 Å². The van der Waals surface area contributed by atoms with Crippen LogP contribution in [0, 0.1) is 6.92 Å². The van der Waals surface area contributed by atoms with E-state index in [-0.39, 0.29) is 10.5 Å². The first kappa shape index (κ1) is 24.9. The molecule has 0 unspecified atom stereocenters. The van der Waals surface area contributed by atoms with Crippen LogP contribution in [0.3, 0.4) is 0 Å². The van der Waals surface area contributed by atoms with E-state index in [1.807, 2.05) is 37.3 Å². The molecule has 7 nitrogen and oxygen atoms in total. The number of methoxy groups -OCH3 is 1. The van der Waals surface area contributed by atoms with Crippen molar-refractivity contribution < 1.29 is 18.3 Å². The summed E-state index contributed by atoms with van der Waals surface area (Å²) in [5.74, 6) is -1.28. The topological polar surface area (TPSA) is 88.2 Å². The fourth-order valence-electron chi connectivity index (χ4n) is 3.33. The number of thioether (sulfide) groups is 1. The normalized spacial score (nSPS) is 10.7. The molecule has 0 fully saturated rings. The molecule has 0 radical (unpaired) electrons. The van der Waals surface area contributed by atoms with Crippen molar-refractivity contribution >= 4 is 46.5 Å². The van der Waals surface area contributed by atoms with Crippen LogP contribution in [0.4, 0.5) is 37.6 Å². The zero-order chi connectivity index (χ0) is 25.5. The first-order valence-electron chi connectivity index (χ1n) is 10.9. The number of halogens is 2. The van der Waals surface area contributed by atoms with Crippen LogP contribution in [0.15, 0.2) is 83.8 Å². The molecule has 0 atom stereocenters. The van der Waals surface area contributed by atoms with Crippen molar-refractivity contribution in [2.45, 2.75) is 17.6 Å². The minimum atomic E-state index is -2.61. The molecule has 1 aromatic heterocycles. The number of benzene rings is 3. The summed E-state index contributed by atoms with van der Waals surface area (Å²) in [6.45, 7) is 1.87. The molecular formula is C26H23F2N5O2S. The summed E-state index contributed by atoms with van der Waals surface area (Å²) in [6.07, 6.45) is 0. The largest absolute Gasteiger partial charge is 0.497 e. The number of anilines is 5. The highest BCUT2D eigenvalue weighted by Gasteiger charge is 2.15. The van der Waals surface area contributed by atoms with Gasteiger partial charge < -0.3 is 20.7 Å². The summed E-state index contributed by atoms with van der Waals surface area (Å²) in [5, 5.41) is 9.13. The van der Waals surface area contributed by atoms with Crippen LogP contribution in [-0.4, -0.2) is 28.7 Å². The molecule has 184 valence electrons. The number of carbonyl (C=O) groups excluding carboxylic acids is 1. The van der Waals surface area contributed by atoms with Crippen molar-refractivity contribution in [1.29, 1.82) is 0 Å². The molecule has 36 heavy (non-hydrogen) atoms. The average Bonchev–Trinajstić information content (AvgIpc) is 2.85. The van der Waals surface area contributed by atoms with Gasteiger partial charge in [-0.25, -0.2) is 4.98 Å². The Hall–Kier alpha value is -4.18. The molecule has 0 aliphatic rings. The summed E-state index contributed by atoms with van der Waals surface area (Å²) in [4.78, 5) is 21.8. The number of carbonyl (C=O) groups is 1. The lowest BCUT2D eigenvalue weighted by Crippen LogP contribution is -2.13. The van der Waals surface area contributed by atoms with E-state index in [0.29, 0.717) is 34.9 Å². The SMILES string of the molecule is COc1ccc(Nc2cc(C)nc(Nc3ccc(NC(=O)c4ccccc4SC(F)F)cc3)n2)cc1. The maximum absolute atomic E-state index is 12.8. The summed E-state index contributed by atoms with van der Waals surface area (Å²) < 4.78 is 30.8. The second-order valence-corrected chi connectivity index (χ2v) is 8.63. The van der Waals surface area contributed by atoms with E-state index in [1.54, 1.807) is 43.5 Å². The van der Waals surface area contributed by atoms with Gasteiger partial charge in [0.1, 0.15) is 11.6 Å². The molecule has 0 aliphatic heterocycles. The Morgan fingerprint density at radius 2 is 1.53 bits per heavy atom. The second kappa shape index (κ2) is 11.5. The summed E-state index contributed by atoms with van der Waals surface area (Å²) in [7, 11) is 1.61. The molecule has 0 aliphatic carbocycles. The predicted molar refractivity (Wildman–Crippen MR) is 139 cm³/mol. The molecule has 3 N–H and O–H groups in total. The summed E-state index contributed by atoms with van der Waals surface area (Å²) >= 11 is 0.343. The van der Waals surface area contributed by atoms with Crippen LogP contribution < -0.4 is 20.7 Å². The summed E-state index contributed by atoms with van der Waals surface area (Å²) in [6, 6.07) is 22.5. The highest BCUT2D eigenvalue weighted by molar-refractivity contribution is 7.99. The average molecular weight is 508 g/mol. The lowest BCUT2D eigenvalue weighted by atomic mass is 10.2. The third-order valence-corrected chi connectivity index (χ3v) is 5.75. The Balaban J connectivity index is 1.42. The lowest BCUT2D eigenvalue weighted by Gasteiger charge is -2.12. The van der Waals surface area contributed by atoms with Gasteiger partial charge >= 0.3 is 0 Å². The Kier molecular flexibility index (Phi) is 7.96. The van der Waals surface area contributed by atoms with Crippen molar-refractivity contribution in [3.8, 4) is 5.75 Å². The van der Waals surface area contributed by atoms with E-state index in [0.717, 1.165) is 17.1 Å². The molecular weight excluding hydrogens is 484 g/mol. The van der Waals surface area contributed by atoms with Gasteiger partial charge in [0.15, 0.2) is 0 Å². The Bertz CT molecular complexity index is 1340. The molecule has 3 aromatic carbocycles. The number of ether oxygens (including phenoxy) is 1. The van der Waals surface area contributed by atoms with E-state index in [1.165, 1.54) is 12.1 Å². The van der Waals surface area contributed by atoms with Crippen LogP contribution in [0.2, 0.25) is 0 Å². The number of aryl methyl sites for hydroxylation is 1. The standard InChI is InChI=1S/C26H23F2N5O2S/c1-16-15-23(30-17-11-13-20(35-2)14-12-17)33-26(29-16)32-19-9-7-18(8-10-19)31-24(34)21-5-3-4-6-22(21)36-25(27)28/h3-15,25H,1-2H3,(H,31,34)(H2,29,30,32,33). The highest BCUT2D eigenvalue weighted by Crippen LogP contribution is 2.29. The zero-order valence-electron chi connectivity index (χ0n) is 19.5. The maximum atomic E-state index is 12.8. The Morgan fingerprint density at radius 1 is 0.889 bits per heavy atom. The number of rotatable bonds is 9. The van der Waals surface area contributed by atoms with Crippen molar-refractivity contribution in [3.05, 3.63) is 90.1 Å². The maximum Gasteiger partial charge on any atom is 0.288 e. The zero-order valence-corrected chi connectivity index (χ0v) is 20.3. The molecule has 0 saturated carbocycles. The van der Waals surface area contributed by atoms with E-state index in [9.17, 15) is 13.6 Å². The number of nitrogens with one attached hydrogen (secondary N) is 3. The molecule has 0 bridgehead atoms. The van der Waals surface area contributed by atoms with Crippen LogP contribution in [0.1, 0.15) is 16.1 Å². The van der Waals surface area contributed by atoms with Gasteiger partial charge in [-0.2, -0.15) is 13.8 Å². The number of hydrogen-bond donors (Lipinski definition) is 3. The molecule has 4 rings (SSSR count). The lowest BCUT2D eigenvalue weighted by molar-refractivity contribution is 0.102. The smallest absolute Gasteiger partial charge is 0.288 e. The van der Waals surface area contributed by atoms with E-state index >= 15 is 0 Å². The van der Waals surface area contributed by atoms with Gasteiger partial charge in [-0.15, -0.1) is 0 Å². The summed E-state index contributed by atoms with van der Waals surface area (Å²) in [5.41, 5.74) is 3.05. The van der Waals surface area contributed by atoms with Gasteiger partial charge in [0.05, 0.1) is 12.7 Å². The molecule has 1 heterocycles. The van der Waals surface area contributed by atoms with E-state index in [2.05, 4.69) is 25.9 Å². The van der Waals surface area contributed by atoms with Crippen molar-refractivity contribution in [3.63, 3.8) is 0 Å². The number of aromatic nitrogens is 2. The van der Waals surface area contributed by atoms with Gasteiger partial charge in [0, 0.05) is 33.7 Å². The van der Waals surface area contributed by atoms with E-state index < -0.39 is 11.7 Å². The molecule has 4 aromatic rings. The monoisotopic (exact) mass is 507 g/mol. The fraction of sp³-hybridized carbons (Fsp3) is 0.115. The third kappa shape index (κ3) is 6.70. The molecule has 0 saturated heterocycles. The number of amides is 1. The van der Waals surface area contributed by atoms with Crippen molar-refractivity contribution in [2.24, 2.45) is 0 Å². The van der Waals surface area contributed by atoms with Crippen molar-refractivity contribution in [1.82, 2.24) is 9.97 Å². The number of nitrogens with zero attached hydrogens (tertiary/aromatic N) is 2. The first-order valence-corrected chi connectivity index (χ1v) is 11.8. The predicted octanol–water partition coefficient (Wildman–Crippen LogP) is 6.85.